The zero-order valence-electron chi connectivity index (χ0n) is 11.5. The number of rotatable bonds is 7. The second-order valence-corrected chi connectivity index (χ2v) is 6.31. The van der Waals surface area contributed by atoms with Crippen LogP contribution in [0.4, 0.5) is 0 Å². The van der Waals surface area contributed by atoms with Gasteiger partial charge in [-0.1, -0.05) is 24.8 Å². The molecule has 0 fully saturated rings. The summed E-state index contributed by atoms with van der Waals surface area (Å²) in [7, 11) is -3.79. The second kappa shape index (κ2) is 7.58. The lowest BCUT2D eigenvalue weighted by molar-refractivity contribution is -0.149. The van der Waals surface area contributed by atoms with Crippen molar-refractivity contribution in [2.45, 2.75) is 17.1 Å². The zero-order chi connectivity index (χ0) is 15.9. The predicted molar refractivity (Wildman–Crippen MR) is 75.2 cm³/mol. The smallest absolute Gasteiger partial charge is 0.330 e. The van der Waals surface area contributed by atoms with Crippen LogP contribution in [-0.2, 0) is 28.9 Å². The van der Waals surface area contributed by atoms with Gasteiger partial charge in [-0.25, -0.2) is 13.2 Å². The van der Waals surface area contributed by atoms with E-state index in [0.717, 1.165) is 6.08 Å². The molecule has 0 aromatic heterocycles. The molecule has 7 heteroatoms. The van der Waals surface area contributed by atoms with Crippen LogP contribution in [0.2, 0.25) is 0 Å². The normalized spacial score (nSPS) is 12.2. The average Bonchev–Trinajstić information content (AvgIpc) is 2.51. The van der Waals surface area contributed by atoms with Crippen molar-refractivity contribution in [1.82, 2.24) is 0 Å². The monoisotopic (exact) mass is 312 g/mol. The van der Waals surface area contributed by atoms with E-state index in [9.17, 15) is 18.0 Å². The number of carbonyl (C=O) groups is 2. The molecule has 0 saturated carbocycles. The molecule has 1 unspecified atom stereocenters. The van der Waals surface area contributed by atoms with E-state index < -0.39 is 27.0 Å². The van der Waals surface area contributed by atoms with E-state index in [-0.39, 0.29) is 18.1 Å². The van der Waals surface area contributed by atoms with Crippen LogP contribution < -0.4 is 0 Å². The van der Waals surface area contributed by atoms with Gasteiger partial charge in [0, 0.05) is 6.08 Å². The summed E-state index contributed by atoms with van der Waals surface area (Å²) in [5, 5.41) is -1.34. The number of ether oxygens (including phenoxy) is 2. The van der Waals surface area contributed by atoms with Crippen LogP contribution in [0.1, 0.15) is 6.92 Å². The molecule has 0 amide bonds. The van der Waals surface area contributed by atoms with Gasteiger partial charge in [0.15, 0.2) is 15.1 Å². The van der Waals surface area contributed by atoms with Crippen molar-refractivity contribution in [3.05, 3.63) is 43.0 Å². The van der Waals surface area contributed by atoms with Gasteiger partial charge in [-0.15, -0.1) is 0 Å². The molecule has 0 spiro atoms. The Bertz CT molecular complexity index is 606. The maximum atomic E-state index is 12.2. The first-order valence-electron chi connectivity index (χ1n) is 6.14. The summed E-state index contributed by atoms with van der Waals surface area (Å²) >= 11 is 0. The molecule has 1 rings (SSSR count). The van der Waals surface area contributed by atoms with Gasteiger partial charge in [-0.05, 0) is 19.1 Å². The molecule has 0 aliphatic rings. The fraction of sp³-hybridized carbons (Fsp3) is 0.286. The Morgan fingerprint density at radius 2 is 1.76 bits per heavy atom. The highest BCUT2D eigenvalue weighted by molar-refractivity contribution is 7.92. The molecule has 0 aliphatic carbocycles. The van der Waals surface area contributed by atoms with Crippen LogP contribution >= 0.6 is 0 Å². The number of hydrogen-bond donors (Lipinski definition) is 0. The molecule has 0 bridgehead atoms. The summed E-state index contributed by atoms with van der Waals surface area (Å²) < 4.78 is 33.7. The van der Waals surface area contributed by atoms with Gasteiger partial charge in [0.05, 0.1) is 4.90 Å². The number of sulfone groups is 1. The third kappa shape index (κ3) is 4.71. The minimum atomic E-state index is -3.79. The summed E-state index contributed by atoms with van der Waals surface area (Å²) in [5.41, 5.74) is 0. The minimum Gasteiger partial charge on any atom is -0.461 e. The van der Waals surface area contributed by atoms with Gasteiger partial charge in [-0.2, -0.15) is 0 Å². The fourth-order valence-electron chi connectivity index (χ4n) is 1.40. The summed E-state index contributed by atoms with van der Waals surface area (Å²) in [5.74, 6) is -1.54. The molecular weight excluding hydrogens is 296 g/mol. The number of carbonyl (C=O) groups excluding carboxylic acids is 2. The minimum absolute atomic E-state index is 0.0486. The van der Waals surface area contributed by atoms with Gasteiger partial charge in [-0.3, -0.25) is 4.79 Å². The number of esters is 2. The maximum absolute atomic E-state index is 12.2. The van der Waals surface area contributed by atoms with Gasteiger partial charge < -0.3 is 9.47 Å². The molecule has 0 aliphatic heterocycles. The van der Waals surface area contributed by atoms with Crippen LogP contribution in [0.5, 0.6) is 0 Å². The van der Waals surface area contributed by atoms with E-state index in [0.29, 0.717) is 0 Å². The van der Waals surface area contributed by atoms with E-state index in [2.05, 4.69) is 11.3 Å². The highest BCUT2D eigenvalue weighted by Crippen LogP contribution is 2.16. The third-order valence-corrected chi connectivity index (χ3v) is 4.66. The summed E-state index contributed by atoms with van der Waals surface area (Å²) in [4.78, 5) is 22.5. The zero-order valence-corrected chi connectivity index (χ0v) is 12.3. The van der Waals surface area contributed by atoms with Gasteiger partial charge in [0.2, 0.25) is 0 Å². The molecule has 1 aromatic rings. The van der Waals surface area contributed by atoms with Crippen molar-refractivity contribution in [1.29, 1.82) is 0 Å². The van der Waals surface area contributed by atoms with Crippen molar-refractivity contribution in [2.75, 3.05) is 13.2 Å². The van der Waals surface area contributed by atoms with Crippen molar-refractivity contribution in [3.8, 4) is 0 Å². The number of hydrogen-bond acceptors (Lipinski definition) is 6. The van der Waals surface area contributed by atoms with Gasteiger partial charge in [0.25, 0.3) is 0 Å². The molecule has 114 valence electrons. The lowest BCUT2D eigenvalue weighted by atomic mass is 10.4. The van der Waals surface area contributed by atoms with Gasteiger partial charge >= 0.3 is 11.9 Å². The maximum Gasteiger partial charge on any atom is 0.330 e. The Labute approximate surface area is 123 Å². The average molecular weight is 312 g/mol. The molecular formula is C14H16O6S. The first-order valence-corrected chi connectivity index (χ1v) is 7.69. The summed E-state index contributed by atoms with van der Waals surface area (Å²) in [6, 6.07) is 7.63. The Hall–Kier alpha value is -2.15. The van der Waals surface area contributed by atoms with Crippen molar-refractivity contribution in [3.63, 3.8) is 0 Å². The highest BCUT2D eigenvalue weighted by Gasteiger charge is 2.30. The quantitative estimate of drug-likeness (QED) is 0.426. The molecule has 21 heavy (non-hydrogen) atoms. The van der Waals surface area contributed by atoms with Crippen LogP contribution in [0.3, 0.4) is 0 Å². The van der Waals surface area contributed by atoms with Crippen LogP contribution in [0.15, 0.2) is 47.9 Å². The van der Waals surface area contributed by atoms with Crippen molar-refractivity contribution in [2.24, 2.45) is 0 Å². The van der Waals surface area contributed by atoms with Gasteiger partial charge in [0.1, 0.15) is 13.2 Å². The van der Waals surface area contributed by atoms with E-state index >= 15 is 0 Å². The third-order valence-electron chi connectivity index (χ3n) is 2.61. The Morgan fingerprint density at radius 1 is 1.19 bits per heavy atom. The highest BCUT2D eigenvalue weighted by atomic mass is 32.2. The van der Waals surface area contributed by atoms with Crippen LogP contribution in [-0.4, -0.2) is 38.8 Å². The molecule has 0 heterocycles. The lowest BCUT2D eigenvalue weighted by Gasteiger charge is -2.12. The molecule has 0 radical (unpaired) electrons. The lowest BCUT2D eigenvalue weighted by Crippen LogP contribution is -2.30. The van der Waals surface area contributed by atoms with E-state index in [4.69, 9.17) is 4.74 Å². The largest absolute Gasteiger partial charge is 0.461 e. The second-order valence-electron chi connectivity index (χ2n) is 4.04. The molecule has 1 aromatic carbocycles. The fourth-order valence-corrected chi connectivity index (χ4v) is 2.67. The SMILES string of the molecule is C=CC(=O)OCCOC(=O)C(C)S(=O)(=O)c1ccccc1. The van der Waals surface area contributed by atoms with Crippen molar-refractivity contribution < 1.29 is 27.5 Å². The predicted octanol–water partition coefficient (Wildman–Crippen LogP) is 1.12. The van der Waals surface area contributed by atoms with E-state index in [1.165, 1.54) is 19.1 Å². The Kier molecular flexibility index (Phi) is 6.10. The van der Waals surface area contributed by atoms with Crippen LogP contribution in [0, 0.1) is 0 Å². The molecule has 1 atom stereocenters. The first-order chi connectivity index (χ1) is 9.89. The van der Waals surface area contributed by atoms with E-state index in [1.54, 1.807) is 18.2 Å². The van der Waals surface area contributed by atoms with E-state index in [1.807, 2.05) is 0 Å². The molecule has 0 saturated heterocycles. The number of benzene rings is 1. The van der Waals surface area contributed by atoms with Crippen LogP contribution in [0.25, 0.3) is 0 Å². The standard InChI is InChI=1S/C14H16O6S/c1-3-13(15)19-9-10-20-14(16)11(2)21(17,18)12-7-5-4-6-8-12/h3-8,11H,1,9-10H2,2H3. The first kappa shape index (κ1) is 16.9. The Morgan fingerprint density at radius 3 is 2.33 bits per heavy atom. The van der Waals surface area contributed by atoms with Crippen molar-refractivity contribution >= 4 is 21.8 Å². The topological polar surface area (TPSA) is 86.7 Å². The summed E-state index contributed by atoms with van der Waals surface area (Å²) in [6.45, 7) is 4.08. The molecule has 0 N–H and O–H groups in total. The molecule has 6 nitrogen and oxygen atoms in total. The Balaban J connectivity index is 2.58. The summed E-state index contributed by atoms with van der Waals surface area (Å²) in [6.07, 6.45) is 0.976.